The first kappa shape index (κ1) is 12.4. The summed E-state index contributed by atoms with van der Waals surface area (Å²) in [5, 5.41) is 0. The topological polar surface area (TPSA) is 9.23 Å². The molecule has 0 bridgehead atoms. The van der Waals surface area contributed by atoms with Gasteiger partial charge in [0.25, 0.3) is 0 Å². The summed E-state index contributed by atoms with van der Waals surface area (Å²) < 4.78 is 18.5. The molecule has 0 aromatic heterocycles. The van der Waals surface area contributed by atoms with Gasteiger partial charge in [0.15, 0.2) is 0 Å². The lowest BCUT2D eigenvalue weighted by atomic mass is 10.3. The van der Waals surface area contributed by atoms with Crippen molar-refractivity contribution in [1.29, 1.82) is 0 Å². The molecular weight excluding hydrogens is 211 g/mol. The van der Waals surface area contributed by atoms with Gasteiger partial charge in [-0.25, -0.2) is 4.39 Å². The molecule has 0 saturated heterocycles. The average molecular weight is 228 g/mol. The maximum Gasteiger partial charge on any atom is 0.135 e. The second-order valence-corrected chi connectivity index (χ2v) is 4.42. The Kier molecular flexibility index (Phi) is 5.54. The van der Waals surface area contributed by atoms with Crippen molar-refractivity contribution in [1.82, 2.24) is 0 Å². The van der Waals surface area contributed by atoms with E-state index in [1.54, 1.807) is 17.8 Å². The molecule has 0 aliphatic heterocycles. The highest BCUT2D eigenvalue weighted by molar-refractivity contribution is 7.99. The first-order valence-corrected chi connectivity index (χ1v) is 6.31. The van der Waals surface area contributed by atoms with Gasteiger partial charge in [-0.1, -0.05) is 13.8 Å². The molecule has 0 saturated carbocycles. The Morgan fingerprint density at radius 2 is 2.07 bits per heavy atom. The predicted molar refractivity (Wildman–Crippen MR) is 63.2 cm³/mol. The molecule has 0 spiro atoms. The Bertz CT molecular complexity index is 302. The Morgan fingerprint density at radius 3 is 2.73 bits per heavy atom. The Hall–Kier alpha value is -0.700. The zero-order chi connectivity index (χ0) is 11.1. The fraction of sp³-hybridized carbons (Fsp3) is 0.500. The van der Waals surface area contributed by atoms with E-state index in [0.29, 0.717) is 12.4 Å². The fourth-order valence-corrected chi connectivity index (χ4v) is 1.99. The van der Waals surface area contributed by atoms with Crippen LogP contribution in [0.25, 0.3) is 0 Å². The standard InChI is InChI=1S/C12H17FOS/c1-3-7-14-11-9-10(13)5-6-12(11)15-8-4-2/h5-6,9H,3-4,7-8H2,1-2H3. The molecule has 15 heavy (non-hydrogen) atoms. The highest BCUT2D eigenvalue weighted by atomic mass is 32.2. The molecular formula is C12H17FOS. The lowest BCUT2D eigenvalue weighted by molar-refractivity contribution is 0.308. The molecule has 0 unspecified atom stereocenters. The first-order valence-electron chi connectivity index (χ1n) is 5.33. The molecule has 0 atom stereocenters. The van der Waals surface area contributed by atoms with Crippen molar-refractivity contribution in [3.05, 3.63) is 24.0 Å². The summed E-state index contributed by atoms with van der Waals surface area (Å²) in [6, 6.07) is 4.74. The Morgan fingerprint density at radius 1 is 1.27 bits per heavy atom. The van der Waals surface area contributed by atoms with Crippen LogP contribution in [0.15, 0.2) is 23.1 Å². The van der Waals surface area contributed by atoms with Crippen LogP contribution in [0.5, 0.6) is 5.75 Å². The van der Waals surface area contributed by atoms with Crippen LogP contribution in [0.2, 0.25) is 0 Å². The van der Waals surface area contributed by atoms with Crippen LogP contribution in [0.3, 0.4) is 0 Å². The number of hydrogen-bond donors (Lipinski definition) is 0. The van der Waals surface area contributed by atoms with Crippen molar-refractivity contribution in [2.45, 2.75) is 31.6 Å². The maximum atomic E-state index is 13.0. The van der Waals surface area contributed by atoms with Crippen molar-refractivity contribution in [2.24, 2.45) is 0 Å². The van der Waals surface area contributed by atoms with Gasteiger partial charge in [-0.15, -0.1) is 11.8 Å². The third kappa shape index (κ3) is 4.12. The molecule has 84 valence electrons. The number of thioether (sulfide) groups is 1. The molecule has 1 aromatic rings. The molecule has 0 radical (unpaired) electrons. The second-order valence-electron chi connectivity index (χ2n) is 3.29. The van der Waals surface area contributed by atoms with Crippen LogP contribution < -0.4 is 4.74 Å². The molecule has 1 aromatic carbocycles. The molecule has 0 aliphatic carbocycles. The van der Waals surface area contributed by atoms with Crippen LogP contribution in [0, 0.1) is 5.82 Å². The Labute approximate surface area is 95.0 Å². The van der Waals surface area contributed by atoms with Crippen LogP contribution in [0.4, 0.5) is 4.39 Å². The number of halogens is 1. The van der Waals surface area contributed by atoms with Gasteiger partial charge in [0.1, 0.15) is 11.6 Å². The van der Waals surface area contributed by atoms with E-state index in [1.165, 1.54) is 12.1 Å². The van der Waals surface area contributed by atoms with Crippen molar-refractivity contribution >= 4 is 11.8 Å². The quantitative estimate of drug-likeness (QED) is 0.677. The smallest absolute Gasteiger partial charge is 0.135 e. The minimum atomic E-state index is -0.234. The fourth-order valence-electron chi connectivity index (χ4n) is 1.14. The number of benzene rings is 1. The van der Waals surface area contributed by atoms with E-state index in [1.807, 2.05) is 6.92 Å². The summed E-state index contributed by atoms with van der Waals surface area (Å²) in [6.07, 6.45) is 2.05. The second kappa shape index (κ2) is 6.72. The van der Waals surface area contributed by atoms with Gasteiger partial charge >= 0.3 is 0 Å². The summed E-state index contributed by atoms with van der Waals surface area (Å²) in [6.45, 7) is 4.81. The summed E-state index contributed by atoms with van der Waals surface area (Å²) in [7, 11) is 0. The van der Waals surface area contributed by atoms with E-state index >= 15 is 0 Å². The molecule has 0 N–H and O–H groups in total. The molecule has 0 amide bonds. The highest BCUT2D eigenvalue weighted by Crippen LogP contribution is 2.30. The van der Waals surface area contributed by atoms with E-state index in [2.05, 4.69) is 6.92 Å². The SMILES string of the molecule is CCCOc1cc(F)ccc1SCCC. The third-order valence-electron chi connectivity index (χ3n) is 1.83. The van der Waals surface area contributed by atoms with E-state index < -0.39 is 0 Å². The summed E-state index contributed by atoms with van der Waals surface area (Å²) in [5.41, 5.74) is 0. The maximum absolute atomic E-state index is 13.0. The highest BCUT2D eigenvalue weighted by Gasteiger charge is 2.05. The first-order chi connectivity index (χ1) is 7.27. The van der Waals surface area contributed by atoms with E-state index in [4.69, 9.17) is 4.74 Å². The third-order valence-corrected chi connectivity index (χ3v) is 3.09. The van der Waals surface area contributed by atoms with Gasteiger partial charge in [-0.05, 0) is 30.7 Å². The van der Waals surface area contributed by atoms with Gasteiger partial charge in [-0.2, -0.15) is 0 Å². The van der Waals surface area contributed by atoms with Gasteiger partial charge in [-0.3, -0.25) is 0 Å². The number of ether oxygens (including phenoxy) is 1. The number of rotatable bonds is 6. The molecule has 0 aliphatic rings. The minimum Gasteiger partial charge on any atom is -0.492 e. The van der Waals surface area contributed by atoms with Gasteiger partial charge in [0.2, 0.25) is 0 Å². The zero-order valence-electron chi connectivity index (χ0n) is 9.25. The number of hydrogen-bond acceptors (Lipinski definition) is 2. The molecule has 1 nitrogen and oxygen atoms in total. The van der Waals surface area contributed by atoms with Gasteiger partial charge in [0, 0.05) is 11.0 Å². The van der Waals surface area contributed by atoms with Crippen LogP contribution in [-0.4, -0.2) is 12.4 Å². The predicted octanol–water partition coefficient (Wildman–Crippen LogP) is 4.12. The van der Waals surface area contributed by atoms with Crippen LogP contribution in [0.1, 0.15) is 26.7 Å². The zero-order valence-corrected chi connectivity index (χ0v) is 10.1. The lowest BCUT2D eigenvalue weighted by Gasteiger charge is -2.10. The van der Waals surface area contributed by atoms with Crippen molar-refractivity contribution in [2.75, 3.05) is 12.4 Å². The van der Waals surface area contributed by atoms with E-state index in [9.17, 15) is 4.39 Å². The molecule has 1 rings (SSSR count). The lowest BCUT2D eigenvalue weighted by Crippen LogP contribution is -1.97. The molecule has 0 fully saturated rings. The Balaban J connectivity index is 2.73. The molecule has 0 heterocycles. The summed E-state index contributed by atoms with van der Waals surface area (Å²) >= 11 is 1.71. The average Bonchev–Trinajstić information content (AvgIpc) is 2.25. The normalized spacial score (nSPS) is 10.3. The van der Waals surface area contributed by atoms with Gasteiger partial charge < -0.3 is 4.74 Å². The molecule has 3 heteroatoms. The van der Waals surface area contributed by atoms with Gasteiger partial charge in [0.05, 0.1) is 6.61 Å². The van der Waals surface area contributed by atoms with E-state index in [-0.39, 0.29) is 5.82 Å². The van der Waals surface area contributed by atoms with E-state index in [0.717, 1.165) is 23.5 Å². The summed E-state index contributed by atoms with van der Waals surface area (Å²) in [4.78, 5) is 1.03. The van der Waals surface area contributed by atoms with Crippen LogP contribution >= 0.6 is 11.8 Å². The van der Waals surface area contributed by atoms with Crippen molar-refractivity contribution in [3.63, 3.8) is 0 Å². The largest absolute Gasteiger partial charge is 0.492 e. The monoisotopic (exact) mass is 228 g/mol. The van der Waals surface area contributed by atoms with Crippen molar-refractivity contribution < 1.29 is 9.13 Å². The van der Waals surface area contributed by atoms with Crippen LogP contribution in [-0.2, 0) is 0 Å². The van der Waals surface area contributed by atoms with Crippen molar-refractivity contribution in [3.8, 4) is 5.75 Å². The minimum absolute atomic E-state index is 0.234. The summed E-state index contributed by atoms with van der Waals surface area (Å²) in [5.74, 6) is 1.48.